The summed E-state index contributed by atoms with van der Waals surface area (Å²) in [5.74, 6) is -0.213. The summed E-state index contributed by atoms with van der Waals surface area (Å²) in [6.45, 7) is 4.57. The maximum atomic E-state index is 12.8. The lowest BCUT2D eigenvalue weighted by Gasteiger charge is -2.29. The lowest BCUT2D eigenvalue weighted by Crippen LogP contribution is -2.45. The molecule has 51 heavy (non-hydrogen) atoms. The fourth-order valence-corrected chi connectivity index (χ4v) is 6.41. The zero-order chi connectivity index (χ0) is 37.9. The molecule has 1 amide bonds. The van der Waals surface area contributed by atoms with Crippen molar-refractivity contribution >= 4 is 13.7 Å². The van der Waals surface area contributed by atoms with E-state index in [1.54, 1.807) is 6.08 Å². The van der Waals surface area contributed by atoms with Crippen LogP contribution in [0.15, 0.2) is 36.5 Å². The van der Waals surface area contributed by atoms with Crippen LogP contribution in [0.3, 0.4) is 0 Å². The maximum absolute atomic E-state index is 12.8. The number of hydrogen-bond acceptors (Lipinski definition) is 6. The predicted molar refractivity (Wildman–Crippen MR) is 215 cm³/mol. The molecule has 0 aliphatic carbocycles. The van der Waals surface area contributed by atoms with E-state index in [1.807, 2.05) is 27.2 Å². The Labute approximate surface area is 315 Å². The summed E-state index contributed by atoms with van der Waals surface area (Å²) in [4.78, 5) is 25.2. The highest BCUT2D eigenvalue weighted by atomic mass is 31.2. The average molecular weight is 741 g/mol. The number of nitrogens with zero attached hydrogens (tertiary/aromatic N) is 1. The molecule has 2 N–H and O–H groups in total. The zero-order valence-electron chi connectivity index (χ0n) is 33.8. The minimum atomic E-state index is -4.59. The van der Waals surface area contributed by atoms with E-state index in [9.17, 15) is 19.4 Å². The Balaban J connectivity index is 4.39. The Hall–Kier alpha value is -1.28. The average Bonchev–Trinajstić information content (AvgIpc) is 3.07. The highest BCUT2D eigenvalue weighted by molar-refractivity contribution is 7.45. The summed E-state index contributed by atoms with van der Waals surface area (Å²) < 4.78 is 23.1. The van der Waals surface area contributed by atoms with Gasteiger partial charge in [-0.3, -0.25) is 9.36 Å². The number of phosphoric ester groups is 1. The van der Waals surface area contributed by atoms with Crippen LogP contribution in [0.5, 0.6) is 0 Å². The van der Waals surface area contributed by atoms with Gasteiger partial charge in [0.2, 0.25) is 5.91 Å². The highest BCUT2D eigenvalue weighted by Crippen LogP contribution is 2.38. The topological polar surface area (TPSA) is 108 Å². The van der Waals surface area contributed by atoms with Crippen LogP contribution < -0.4 is 10.2 Å². The van der Waals surface area contributed by atoms with Crippen LogP contribution in [-0.4, -0.2) is 68.5 Å². The summed E-state index contributed by atoms with van der Waals surface area (Å²) in [5, 5.41) is 13.7. The van der Waals surface area contributed by atoms with E-state index < -0.39 is 26.6 Å². The van der Waals surface area contributed by atoms with Gasteiger partial charge in [-0.1, -0.05) is 147 Å². The summed E-state index contributed by atoms with van der Waals surface area (Å²) in [7, 11) is 1.24. The number of unbranched alkanes of at least 4 members (excludes halogenated alkanes) is 20. The number of carbonyl (C=O) groups excluding carboxylic acids is 1. The van der Waals surface area contributed by atoms with Crippen molar-refractivity contribution < 1.29 is 32.9 Å². The van der Waals surface area contributed by atoms with Gasteiger partial charge in [0, 0.05) is 6.42 Å². The van der Waals surface area contributed by atoms with Crippen molar-refractivity contribution in [2.75, 3.05) is 40.9 Å². The van der Waals surface area contributed by atoms with E-state index in [4.69, 9.17) is 9.05 Å². The van der Waals surface area contributed by atoms with E-state index in [0.717, 1.165) is 38.5 Å². The number of aliphatic hydroxyl groups excluding tert-OH is 1. The van der Waals surface area contributed by atoms with Crippen LogP contribution in [0.4, 0.5) is 0 Å². The molecule has 0 aliphatic rings. The molecule has 0 rings (SSSR count). The second kappa shape index (κ2) is 34.5. The number of allylic oxidation sites excluding steroid dienone is 5. The molecular formula is C42H81N2O6P. The third kappa shape index (κ3) is 36.9. The minimum Gasteiger partial charge on any atom is -0.756 e. The van der Waals surface area contributed by atoms with Gasteiger partial charge in [0.05, 0.1) is 39.9 Å². The monoisotopic (exact) mass is 741 g/mol. The van der Waals surface area contributed by atoms with Gasteiger partial charge >= 0.3 is 0 Å². The maximum Gasteiger partial charge on any atom is 0.268 e. The molecule has 0 heterocycles. The Morgan fingerprint density at radius 2 is 1.10 bits per heavy atom. The van der Waals surface area contributed by atoms with Gasteiger partial charge in [0.15, 0.2) is 0 Å². The van der Waals surface area contributed by atoms with E-state index in [2.05, 4.69) is 43.5 Å². The summed E-state index contributed by atoms with van der Waals surface area (Å²) in [5.41, 5.74) is 0. The van der Waals surface area contributed by atoms with E-state index in [-0.39, 0.29) is 12.5 Å². The number of quaternary nitrogens is 1. The van der Waals surface area contributed by atoms with Gasteiger partial charge in [-0.05, 0) is 57.8 Å². The highest BCUT2D eigenvalue weighted by Gasteiger charge is 2.23. The fraction of sp³-hybridized carbons (Fsp3) is 0.833. The second-order valence-electron chi connectivity index (χ2n) is 15.3. The molecule has 0 saturated heterocycles. The SMILES string of the molecule is CCCCCC/C=C/CC/C=C/C(O)C(COP(=O)([O-])OCC[N+](C)(C)C)NC(=O)CCCCCCCCCCC/C=C\CCCCCCCC. The lowest BCUT2D eigenvalue weighted by molar-refractivity contribution is -0.870. The predicted octanol–water partition coefficient (Wildman–Crippen LogP) is 10.5. The first-order valence-electron chi connectivity index (χ1n) is 20.9. The van der Waals surface area contributed by atoms with Crippen molar-refractivity contribution in [3.63, 3.8) is 0 Å². The molecule has 8 nitrogen and oxygen atoms in total. The molecule has 0 aromatic carbocycles. The van der Waals surface area contributed by atoms with Crippen LogP contribution in [0.25, 0.3) is 0 Å². The molecule has 0 aliphatic heterocycles. The number of phosphoric acid groups is 1. The molecule has 0 bridgehead atoms. The van der Waals surface area contributed by atoms with Gasteiger partial charge in [-0.2, -0.15) is 0 Å². The largest absolute Gasteiger partial charge is 0.756 e. The minimum absolute atomic E-state index is 0.00706. The van der Waals surface area contributed by atoms with Crippen LogP contribution in [-0.2, 0) is 18.4 Å². The summed E-state index contributed by atoms with van der Waals surface area (Å²) in [6, 6.07) is -0.900. The quantitative estimate of drug-likeness (QED) is 0.0284. The van der Waals surface area contributed by atoms with E-state index in [0.29, 0.717) is 17.4 Å². The zero-order valence-corrected chi connectivity index (χ0v) is 34.7. The van der Waals surface area contributed by atoms with Crippen molar-refractivity contribution in [2.24, 2.45) is 0 Å². The molecule has 0 spiro atoms. The smallest absolute Gasteiger partial charge is 0.268 e. The van der Waals surface area contributed by atoms with Gasteiger partial charge in [-0.25, -0.2) is 0 Å². The molecule has 3 unspecified atom stereocenters. The van der Waals surface area contributed by atoms with Crippen molar-refractivity contribution in [3.8, 4) is 0 Å². The molecule has 3 atom stereocenters. The molecular weight excluding hydrogens is 659 g/mol. The van der Waals surface area contributed by atoms with Crippen LogP contribution in [0, 0.1) is 0 Å². The number of likely N-dealkylation sites (N-methyl/N-ethyl adjacent to an activating group) is 1. The number of nitrogens with one attached hydrogen (secondary N) is 1. The standard InChI is InChI=1S/C42H81N2O6P/c1-6-8-10-12-14-16-18-19-20-21-22-23-24-25-26-28-30-32-34-36-42(46)43-40(39-50-51(47,48)49-38-37-44(3,4)5)41(45)35-33-31-29-27-17-15-13-11-9-7-2/h17,19-20,27,33,35,40-41,45H,6-16,18,21-26,28-32,34,36-39H2,1-5H3,(H-,43,46,47,48)/b20-19-,27-17+,35-33+. The normalized spacial score (nSPS) is 14.9. The fourth-order valence-electron chi connectivity index (χ4n) is 5.69. The molecule has 0 radical (unpaired) electrons. The van der Waals surface area contributed by atoms with Gasteiger partial charge in [0.25, 0.3) is 7.82 Å². The van der Waals surface area contributed by atoms with Crippen LogP contribution in [0.2, 0.25) is 0 Å². The van der Waals surface area contributed by atoms with Gasteiger partial charge in [0.1, 0.15) is 13.2 Å². The molecule has 9 heteroatoms. The van der Waals surface area contributed by atoms with Crippen LogP contribution >= 0.6 is 7.82 Å². The van der Waals surface area contributed by atoms with Crippen molar-refractivity contribution in [3.05, 3.63) is 36.5 Å². The van der Waals surface area contributed by atoms with Gasteiger partial charge in [-0.15, -0.1) is 0 Å². The number of aliphatic hydroxyl groups is 1. The summed E-state index contributed by atoms with van der Waals surface area (Å²) >= 11 is 0. The number of rotatable bonds is 37. The lowest BCUT2D eigenvalue weighted by atomic mass is 10.0. The number of amides is 1. The first kappa shape index (κ1) is 49.7. The third-order valence-electron chi connectivity index (χ3n) is 9.07. The van der Waals surface area contributed by atoms with Crippen molar-refractivity contribution in [1.82, 2.24) is 5.32 Å². The summed E-state index contributed by atoms with van der Waals surface area (Å²) in [6.07, 6.45) is 40.5. The number of carbonyl (C=O) groups is 1. The third-order valence-corrected chi connectivity index (χ3v) is 10.0. The molecule has 0 aromatic rings. The Morgan fingerprint density at radius 1 is 0.667 bits per heavy atom. The molecule has 0 fully saturated rings. The van der Waals surface area contributed by atoms with Gasteiger partial charge < -0.3 is 28.8 Å². The van der Waals surface area contributed by atoms with E-state index in [1.165, 1.54) is 116 Å². The van der Waals surface area contributed by atoms with Crippen LogP contribution in [0.1, 0.15) is 174 Å². The number of hydrogen-bond donors (Lipinski definition) is 2. The Kier molecular flexibility index (Phi) is 33.6. The molecule has 0 saturated carbocycles. The first-order valence-corrected chi connectivity index (χ1v) is 22.3. The molecule has 0 aromatic heterocycles. The van der Waals surface area contributed by atoms with Crippen molar-refractivity contribution in [2.45, 2.75) is 187 Å². The second-order valence-corrected chi connectivity index (χ2v) is 16.7. The Bertz CT molecular complexity index is 933. The van der Waals surface area contributed by atoms with Crippen molar-refractivity contribution in [1.29, 1.82) is 0 Å². The Morgan fingerprint density at radius 3 is 1.61 bits per heavy atom. The molecule has 300 valence electrons. The van der Waals surface area contributed by atoms with E-state index >= 15 is 0 Å². The first-order chi connectivity index (χ1) is 24.5.